The zero-order chi connectivity index (χ0) is 13.8. The van der Waals surface area contributed by atoms with Crippen molar-refractivity contribution in [2.75, 3.05) is 31.7 Å². The van der Waals surface area contributed by atoms with Crippen LogP contribution in [0.3, 0.4) is 0 Å². The number of hydrogen-bond acceptors (Lipinski definition) is 4. The highest BCUT2D eigenvalue weighted by molar-refractivity contribution is 5.94. The molecule has 104 valence electrons. The van der Waals surface area contributed by atoms with Crippen molar-refractivity contribution in [3.05, 3.63) is 18.2 Å². The third-order valence-corrected chi connectivity index (χ3v) is 3.22. The Labute approximate surface area is 113 Å². The van der Waals surface area contributed by atoms with Crippen LogP contribution in [0.5, 0.6) is 11.5 Å². The van der Waals surface area contributed by atoms with Crippen molar-refractivity contribution in [3.63, 3.8) is 0 Å². The van der Waals surface area contributed by atoms with Gasteiger partial charge in [0.25, 0.3) is 0 Å². The lowest BCUT2D eigenvalue weighted by molar-refractivity contribution is -0.121. The minimum Gasteiger partial charge on any atom is -0.490 e. The van der Waals surface area contributed by atoms with Gasteiger partial charge in [0.05, 0.1) is 13.2 Å². The Morgan fingerprint density at radius 3 is 2.74 bits per heavy atom. The fraction of sp³-hybridized carbons (Fsp3) is 0.500. The summed E-state index contributed by atoms with van der Waals surface area (Å²) in [4.78, 5) is 13.7. The average Bonchev–Trinajstić information content (AvgIpc) is 2.69. The lowest BCUT2D eigenvalue weighted by Crippen LogP contribution is -2.35. The number of carbonyl (C=O) groups is 1. The number of nitrogens with two attached hydrogens (primary N) is 1. The quantitative estimate of drug-likeness (QED) is 0.896. The summed E-state index contributed by atoms with van der Waals surface area (Å²) in [6.45, 7) is 3.45. The van der Waals surface area contributed by atoms with Gasteiger partial charge in [-0.2, -0.15) is 0 Å². The van der Waals surface area contributed by atoms with Crippen molar-refractivity contribution in [3.8, 4) is 11.5 Å². The van der Waals surface area contributed by atoms with Crippen LogP contribution in [0, 0.1) is 5.92 Å². The fourth-order valence-corrected chi connectivity index (χ4v) is 1.92. The predicted octanol–water partition coefficient (Wildman–Crippen LogP) is 1.41. The minimum atomic E-state index is -0.194. The average molecular weight is 264 g/mol. The van der Waals surface area contributed by atoms with E-state index in [0.29, 0.717) is 25.5 Å². The first kappa shape index (κ1) is 13.7. The SMILES string of the molecule is CC(CN)C(=O)N(C)c1ccc2c(c1)OCCCO2. The normalized spacial score (nSPS) is 15.5. The van der Waals surface area contributed by atoms with Gasteiger partial charge in [-0.15, -0.1) is 0 Å². The molecule has 1 aromatic carbocycles. The van der Waals surface area contributed by atoms with E-state index >= 15 is 0 Å². The molecule has 0 radical (unpaired) electrons. The molecule has 1 aliphatic heterocycles. The molecule has 0 saturated heterocycles. The van der Waals surface area contributed by atoms with Crippen molar-refractivity contribution < 1.29 is 14.3 Å². The van der Waals surface area contributed by atoms with E-state index < -0.39 is 0 Å². The second-order valence-corrected chi connectivity index (χ2v) is 4.72. The molecule has 0 saturated carbocycles. The van der Waals surface area contributed by atoms with Crippen LogP contribution in [0.1, 0.15) is 13.3 Å². The Kier molecular flexibility index (Phi) is 4.27. The maximum absolute atomic E-state index is 12.1. The van der Waals surface area contributed by atoms with E-state index in [1.807, 2.05) is 25.1 Å². The van der Waals surface area contributed by atoms with Crippen LogP contribution >= 0.6 is 0 Å². The summed E-state index contributed by atoms with van der Waals surface area (Å²) < 4.78 is 11.2. The summed E-state index contributed by atoms with van der Waals surface area (Å²) in [6.07, 6.45) is 0.864. The van der Waals surface area contributed by atoms with Crippen molar-refractivity contribution in [1.29, 1.82) is 0 Å². The third-order valence-electron chi connectivity index (χ3n) is 3.22. The molecule has 1 heterocycles. The maximum atomic E-state index is 12.1. The lowest BCUT2D eigenvalue weighted by atomic mass is 10.1. The largest absolute Gasteiger partial charge is 0.490 e. The van der Waals surface area contributed by atoms with Gasteiger partial charge in [0.15, 0.2) is 11.5 Å². The molecule has 1 aromatic rings. The summed E-state index contributed by atoms with van der Waals surface area (Å²) in [5.41, 5.74) is 6.31. The van der Waals surface area contributed by atoms with Gasteiger partial charge in [0.2, 0.25) is 5.91 Å². The molecule has 5 nitrogen and oxygen atoms in total. The van der Waals surface area contributed by atoms with Gasteiger partial charge in [-0.1, -0.05) is 6.92 Å². The number of hydrogen-bond donors (Lipinski definition) is 1. The second kappa shape index (κ2) is 5.93. The Morgan fingerprint density at radius 2 is 2.05 bits per heavy atom. The van der Waals surface area contributed by atoms with Crippen molar-refractivity contribution in [1.82, 2.24) is 0 Å². The number of carbonyl (C=O) groups excluding carboxylic acids is 1. The van der Waals surface area contributed by atoms with Gasteiger partial charge in [-0.3, -0.25) is 4.79 Å². The molecule has 1 unspecified atom stereocenters. The number of amides is 1. The highest BCUT2D eigenvalue weighted by atomic mass is 16.5. The lowest BCUT2D eigenvalue weighted by Gasteiger charge is -2.21. The van der Waals surface area contributed by atoms with Gasteiger partial charge < -0.3 is 20.1 Å². The highest BCUT2D eigenvalue weighted by Gasteiger charge is 2.19. The van der Waals surface area contributed by atoms with Gasteiger partial charge in [-0.25, -0.2) is 0 Å². The van der Waals surface area contributed by atoms with Gasteiger partial charge >= 0.3 is 0 Å². The second-order valence-electron chi connectivity index (χ2n) is 4.72. The molecule has 1 atom stereocenters. The molecule has 1 aliphatic rings. The van der Waals surface area contributed by atoms with E-state index in [2.05, 4.69) is 0 Å². The van der Waals surface area contributed by atoms with Gasteiger partial charge in [0, 0.05) is 37.7 Å². The van der Waals surface area contributed by atoms with Crippen LogP contribution in [0.4, 0.5) is 5.69 Å². The van der Waals surface area contributed by atoms with E-state index in [0.717, 1.165) is 17.9 Å². The molecule has 1 amide bonds. The number of rotatable bonds is 3. The van der Waals surface area contributed by atoms with E-state index in [4.69, 9.17) is 15.2 Å². The Hall–Kier alpha value is -1.75. The molecule has 5 heteroatoms. The Morgan fingerprint density at radius 1 is 1.37 bits per heavy atom. The molecule has 0 fully saturated rings. The minimum absolute atomic E-state index is 0.00279. The number of benzene rings is 1. The van der Waals surface area contributed by atoms with Gasteiger partial charge in [-0.05, 0) is 12.1 Å². The van der Waals surface area contributed by atoms with Crippen LogP contribution in [0.2, 0.25) is 0 Å². The van der Waals surface area contributed by atoms with Crippen molar-refractivity contribution >= 4 is 11.6 Å². The van der Waals surface area contributed by atoms with Crippen LogP contribution in [0.15, 0.2) is 18.2 Å². The first-order chi connectivity index (χ1) is 9.13. The van der Waals surface area contributed by atoms with Crippen LogP contribution in [0.25, 0.3) is 0 Å². The summed E-state index contributed by atoms with van der Waals surface area (Å²) >= 11 is 0. The van der Waals surface area contributed by atoms with E-state index in [-0.39, 0.29) is 11.8 Å². The Bertz CT molecular complexity index is 462. The number of fused-ring (bicyclic) bond motifs is 1. The maximum Gasteiger partial charge on any atom is 0.230 e. The summed E-state index contributed by atoms with van der Waals surface area (Å²) in [6, 6.07) is 5.53. The molecule has 0 spiro atoms. The zero-order valence-electron chi connectivity index (χ0n) is 11.4. The summed E-state index contributed by atoms with van der Waals surface area (Å²) in [7, 11) is 1.74. The Balaban J connectivity index is 2.21. The summed E-state index contributed by atoms with van der Waals surface area (Å²) in [5.74, 6) is 1.22. The third kappa shape index (κ3) is 2.98. The molecule has 0 aromatic heterocycles. The predicted molar refractivity (Wildman–Crippen MR) is 73.7 cm³/mol. The molecule has 0 aliphatic carbocycles. The molecule has 2 N–H and O–H groups in total. The smallest absolute Gasteiger partial charge is 0.230 e. The van der Waals surface area contributed by atoms with E-state index in [1.165, 1.54) is 0 Å². The van der Waals surface area contributed by atoms with Crippen molar-refractivity contribution in [2.24, 2.45) is 11.7 Å². The molecule has 2 rings (SSSR count). The fourth-order valence-electron chi connectivity index (χ4n) is 1.92. The molecule has 19 heavy (non-hydrogen) atoms. The molecular weight excluding hydrogens is 244 g/mol. The number of nitrogens with zero attached hydrogens (tertiary/aromatic N) is 1. The number of ether oxygens (including phenoxy) is 2. The molecular formula is C14H20N2O3. The summed E-state index contributed by atoms with van der Waals surface area (Å²) in [5, 5.41) is 0. The van der Waals surface area contributed by atoms with E-state index in [1.54, 1.807) is 11.9 Å². The van der Waals surface area contributed by atoms with Crippen molar-refractivity contribution in [2.45, 2.75) is 13.3 Å². The first-order valence-corrected chi connectivity index (χ1v) is 6.50. The highest BCUT2D eigenvalue weighted by Crippen LogP contribution is 2.33. The topological polar surface area (TPSA) is 64.8 Å². The molecule has 0 bridgehead atoms. The van der Waals surface area contributed by atoms with E-state index in [9.17, 15) is 4.79 Å². The standard InChI is InChI=1S/C14H20N2O3/c1-10(9-15)14(17)16(2)11-4-5-12-13(8-11)19-7-3-6-18-12/h4-5,8,10H,3,6-7,9,15H2,1-2H3. The number of anilines is 1. The van der Waals surface area contributed by atoms with Crippen LogP contribution < -0.4 is 20.1 Å². The first-order valence-electron chi connectivity index (χ1n) is 6.50. The van der Waals surface area contributed by atoms with Gasteiger partial charge in [0.1, 0.15) is 0 Å². The monoisotopic (exact) mass is 264 g/mol. The van der Waals surface area contributed by atoms with Crippen LogP contribution in [-0.2, 0) is 4.79 Å². The van der Waals surface area contributed by atoms with Crippen LogP contribution in [-0.4, -0.2) is 32.7 Å². The zero-order valence-corrected chi connectivity index (χ0v) is 11.4.